The Balaban J connectivity index is 1.10. The number of imidazole rings is 2. The monoisotopic (exact) mass is 1620 g/mol. The second-order valence-electron chi connectivity index (χ2n) is 30.7. The van der Waals surface area contributed by atoms with Gasteiger partial charge in [-0.25, -0.2) is 9.97 Å². The van der Waals surface area contributed by atoms with Gasteiger partial charge in [0.1, 0.15) is 59.1 Å². The molecule has 10 atom stereocenters. The number of H-pyrrole nitrogens is 4. The molecule has 8 amide bonds. The number of nitrogens with one attached hydrogen (secondary N) is 16. The predicted molar refractivity (Wildman–Crippen MR) is 441 cm³/mol. The standard InChI is InChI=1S/C82H102N20O12S2/c1-81(2)38-69(105)53-35-67(103)49(31-51-39-91-58-23-13-11-21-56(51)58)34-68(104)60(25-15-27-89-79(83)84)95-73(109)63(30-48-19-9-6-10-20-48)98-76(112)65(37-55-42-88-46-94-55)101-78(114)82(3,4)102-77(113)66(44-116-115-43-53)100-75(111)64(33-52-40-92-59-24-14-12-22-57(52)59)99-72(108)61(26-16-28-90-80(85)86)96-74(110)62(29-47-17-7-5-8-18-47)97-71(107)50(36-70(81)106)32-54-41-87-45-93-54/h5-14,17-24,39-42,45-46,49-50,53,60-66,91-92H,15-16,25-38,43-44H2,1-4H3,(H,87,93)(H,88,94)(H,95,109)(H,96,110)(H,97,107)(H,98,112)(H,99,108)(H,100,111)(H,101,114)(H,102,113)(H4,83,84,89)(H4,85,86,90)/t49-,50-,53+,60+,61+,62-,63-,64+,65+,66+/m1/s1. The van der Waals surface area contributed by atoms with Gasteiger partial charge in [0.25, 0.3) is 0 Å². The number of para-hydroxylation sites is 2. The maximum Gasteiger partial charge on any atom is 0.245 e. The zero-order valence-electron chi connectivity index (χ0n) is 65.1. The highest BCUT2D eigenvalue weighted by atomic mass is 33.1. The molecule has 0 aliphatic carbocycles. The van der Waals surface area contributed by atoms with Crippen LogP contribution in [0.5, 0.6) is 0 Å². The van der Waals surface area contributed by atoms with Crippen molar-refractivity contribution in [3.8, 4) is 0 Å². The average Bonchev–Trinajstić information content (AvgIpc) is 1.43. The summed E-state index contributed by atoms with van der Waals surface area (Å²) < 4.78 is 0. The first kappa shape index (κ1) is 86.5. The quantitative estimate of drug-likeness (QED) is 0.0223. The molecule has 8 aromatic rings. The molecule has 4 aromatic heterocycles. The van der Waals surface area contributed by atoms with E-state index in [2.05, 4.69) is 83.1 Å². The normalized spacial score (nSPS) is 23.1. The van der Waals surface area contributed by atoms with Crippen molar-refractivity contribution in [2.45, 2.75) is 165 Å². The Hall–Kier alpha value is -11.9. The van der Waals surface area contributed by atoms with Gasteiger partial charge in [0.2, 0.25) is 47.3 Å². The van der Waals surface area contributed by atoms with Crippen molar-refractivity contribution >= 4 is 126 Å². The molecule has 32 nitrogen and oxygen atoms in total. The number of carbonyl (C=O) groups excluding carboxylic acids is 12. The number of rotatable bonds is 20. The van der Waals surface area contributed by atoms with Crippen LogP contribution < -0.4 is 64.6 Å². The van der Waals surface area contributed by atoms with Gasteiger partial charge < -0.3 is 84.6 Å². The summed E-state index contributed by atoms with van der Waals surface area (Å²) in [6.07, 6.45) is 6.41. The first-order valence-electron chi connectivity index (χ1n) is 38.7. The topological polar surface area (TPSA) is 514 Å². The van der Waals surface area contributed by atoms with Gasteiger partial charge in [0, 0.05) is 146 Å². The number of amides is 8. The van der Waals surface area contributed by atoms with E-state index in [4.69, 9.17) is 22.3 Å². The van der Waals surface area contributed by atoms with E-state index in [1.54, 1.807) is 105 Å². The van der Waals surface area contributed by atoms with Gasteiger partial charge in [-0.3, -0.25) is 68.4 Å². The summed E-state index contributed by atoms with van der Waals surface area (Å²) in [5, 5.41) is 45.3. The van der Waals surface area contributed by atoms with Crippen LogP contribution in [-0.2, 0) is 96.1 Å². The minimum absolute atomic E-state index is 0.0507. The molecule has 0 radical (unpaired) electrons. The minimum Gasteiger partial charge on any atom is -0.370 e. The number of carbonyl (C=O) groups is 12. The highest BCUT2D eigenvalue weighted by Gasteiger charge is 2.42. The van der Waals surface area contributed by atoms with Crippen LogP contribution in [0.3, 0.4) is 0 Å². The summed E-state index contributed by atoms with van der Waals surface area (Å²) in [7, 11) is 2.07. The van der Waals surface area contributed by atoms with E-state index in [1.807, 2.05) is 36.4 Å². The maximum absolute atomic E-state index is 15.9. The predicted octanol–water partition coefficient (Wildman–Crippen LogP) is 3.79. The summed E-state index contributed by atoms with van der Waals surface area (Å²) in [5.41, 5.74) is 12.3. The zero-order valence-corrected chi connectivity index (χ0v) is 66.8. The largest absolute Gasteiger partial charge is 0.370 e. The van der Waals surface area contributed by atoms with Gasteiger partial charge in [-0.2, -0.15) is 0 Å². The fraction of sp³-hybridized carbons (Fsp3) is 0.415. The number of guanidine groups is 2. The highest BCUT2D eigenvalue weighted by molar-refractivity contribution is 8.76. The number of Topliss-reactive ketones (excluding diaryl/α,β-unsaturated/α-hetero) is 4. The van der Waals surface area contributed by atoms with Gasteiger partial charge in [-0.15, -0.1) is 0 Å². The lowest BCUT2D eigenvalue weighted by Gasteiger charge is -2.31. The second-order valence-corrected chi connectivity index (χ2v) is 33.2. The summed E-state index contributed by atoms with van der Waals surface area (Å²) in [6.45, 7) is 5.98. The Morgan fingerprint density at radius 1 is 0.457 bits per heavy atom. The van der Waals surface area contributed by atoms with Crippen molar-refractivity contribution in [2.75, 3.05) is 24.6 Å². The van der Waals surface area contributed by atoms with Crippen LogP contribution in [0.1, 0.15) is 113 Å². The lowest BCUT2D eigenvalue weighted by atomic mass is 9.75. The molecule has 6 heterocycles. The Bertz CT molecular complexity index is 4500. The Kier molecular flexibility index (Phi) is 30.5. The molecule has 10 rings (SSSR count). The number of nitrogens with zero attached hydrogens (tertiary/aromatic N) is 2. The molecule has 34 heteroatoms. The first-order chi connectivity index (χ1) is 55.6. The van der Waals surface area contributed by atoms with E-state index >= 15 is 57.5 Å². The van der Waals surface area contributed by atoms with E-state index in [-0.39, 0.29) is 101 Å². The molecule has 2 aliphatic heterocycles. The maximum atomic E-state index is 15.9. The van der Waals surface area contributed by atoms with Crippen molar-refractivity contribution in [3.05, 3.63) is 180 Å². The number of hydrogen-bond acceptors (Lipinski definition) is 18. The molecule has 0 saturated carbocycles. The minimum atomic E-state index is -1.95. The first-order valence-corrected chi connectivity index (χ1v) is 41.1. The van der Waals surface area contributed by atoms with Crippen LogP contribution in [0.4, 0.5) is 0 Å². The van der Waals surface area contributed by atoms with Gasteiger partial charge >= 0.3 is 0 Å². The van der Waals surface area contributed by atoms with Crippen LogP contribution in [0.25, 0.3) is 21.8 Å². The van der Waals surface area contributed by atoms with Crippen LogP contribution >= 0.6 is 21.6 Å². The number of aromatic nitrogens is 6. The molecule has 2 bridgehead atoms. The van der Waals surface area contributed by atoms with Crippen LogP contribution in [-0.4, -0.2) is 185 Å². The Morgan fingerprint density at radius 2 is 0.922 bits per heavy atom. The molecule has 4 aromatic carbocycles. The second kappa shape index (κ2) is 40.9. The molecular formula is C82H102N20O12S2. The van der Waals surface area contributed by atoms with Crippen molar-refractivity contribution in [2.24, 2.45) is 34.6 Å². The average molecular weight is 1620 g/mol. The molecule has 614 valence electrons. The molecule has 2 fully saturated rings. The van der Waals surface area contributed by atoms with Crippen LogP contribution in [0, 0.1) is 34.0 Å². The van der Waals surface area contributed by atoms with Crippen LogP contribution in [0.15, 0.2) is 147 Å². The third-order valence-electron chi connectivity index (χ3n) is 20.8. The number of fused-ring (bicyclic) bond motifs is 7. The molecule has 0 unspecified atom stereocenters. The van der Waals surface area contributed by atoms with E-state index in [0.29, 0.717) is 44.5 Å². The van der Waals surface area contributed by atoms with Crippen molar-refractivity contribution < 1.29 is 57.5 Å². The summed E-state index contributed by atoms with van der Waals surface area (Å²) in [5.74, 6) is -14.1. The number of nitrogens with two attached hydrogens (primary N) is 2. The lowest BCUT2D eigenvalue weighted by molar-refractivity contribution is -0.138. The fourth-order valence-electron chi connectivity index (χ4n) is 14.2. The lowest BCUT2D eigenvalue weighted by Crippen LogP contribution is -2.64. The third kappa shape index (κ3) is 24.8. The van der Waals surface area contributed by atoms with Gasteiger partial charge in [0.05, 0.1) is 36.0 Å². The molecule has 2 saturated heterocycles. The SMILES string of the molecule is CC1(C)CC(=O)[C@@H]2CSSC[C@H](NC(=O)[C@H](Cc3c[nH]c4ccccc34)NC(=O)[C@H](CCCNC(=N)N)NC(=O)[C@@H](Cc3ccccc3)NC(=O)[C@H](Cc3c[nH]cn3)CC1=O)C(=O)NC(C)(C)C(=O)N[C@@H](Cc1c[nH]cn1)C(=O)N[C@H](Cc1ccccc1)C(=O)N[C@@H](CCCNC(=N)N)C(=O)C[C@@H](Cc1c[nH]c3ccccc13)C(=O)C2. The smallest absolute Gasteiger partial charge is 0.245 e. The molecule has 20 N–H and O–H groups in total. The summed E-state index contributed by atoms with van der Waals surface area (Å²) >= 11 is 0. The van der Waals surface area contributed by atoms with E-state index in [9.17, 15) is 0 Å². The van der Waals surface area contributed by atoms with E-state index < -0.39 is 167 Å². The van der Waals surface area contributed by atoms with Crippen molar-refractivity contribution in [1.82, 2.24) is 83.1 Å². The van der Waals surface area contributed by atoms with Crippen LogP contribution in [0.2, 0.25) is 0 Å². The molecule has 2 aliphatic rings. The van der Waals surface area contributed by atoms with E-state index in [1.165, 1.54) is 32.7 Å². The van der Waals surface area contributed by atoms with Gasteiger partial charge in [-0.05, 0) is 80.3 Å². The Labute approximate surface area is 678 Å². The fourth-order valence-corrected chi connectivity index (χ4v) is 16.7. The summed E-state index contributed by atoms with van der Waals surface area (Å²) in [6, 6.07) is 21.6. The van der Waals surface area contributed by atoms with Crippen molar-refractivity contribution in [3.63, 3.8) is 0 Å². The number of ketones is 4. The number of aromatic amines is 4. The van der Waals surface area contributed by atoms with Gasteiger partial charge in [0.15, 0.2) is 17.7 Å². The van der Waals surface area contributed by atoms with E-state index in [0.717, 1.165) is 32.5 Å². The third-order valence-corrected chi connectivity index (χ3v) is 23.3. The molecule has 116 heavy (non-hydrogen) atoms. The molecular weight excluding hydrogens is 1520 g/mol. The van der Waals surface area contributed by atoms with Crippen molar-refractivity contribution in [1.29, 1.82) is 10.8 Å². The zero-order chi connectivity index (χ0) is 83.1. The highest BCUT2D eigenvalue weighted by Crippen LogP contribution is 2.35. The van der Waals surface area contributed by atoms with Gasteiger partial charge in [-0.1, -0.05) is 132 Å². The summed E-state index contributed by atoms with van der Waals surface area (Å²) in [4.78, 5) is 206. The number of hydrogen-bond donors (Lipinski definition) is 18. The molecule has 0 spiro atoms. The number of benzene rings is 4. The Morgan fingerprint density at radius 3 is 1.47 bits per heavy atom.